The molecule has 0 radical (unpaired) electrons. The molecule has 0 unspecified atom stereocenters. The van der Waals surface area contributed by atoms with Crippen molar-refractivity contribution in [3.8, 4) is 11.5 Å². The number of rotatable bonds is 5. The normalized spacial score (nSPS) is 10.9. The molecule has 0 amide bonds. The Morgan fingerprint density at radius 1 is 1.05 bits per heavy atom. The number of hydrogen-bond donors (Lipinski definition) is 0. The molecule has 0 aliphatic rings. The Labute approximate surface area is 135 Å². The van der Waals surface area contributed by atoms with Crippen LogP contribution in [0, 0.1) is 0 Å². The van der Waals surface area contributed by atoms with Crippen LogP contribution in [0.5, 0.6) is 11.5 Å². The topological polar surface area (TPSA) is 23.4 Å². The van der Waals surface area contributed by atoms with Crippen LogP contribution in [0.15, 0.2) is 48.7 Å². The van der Waals surface area contributed by atoms with Gasteiger partial charge in [0.25, 0.3) is 0 Å². The molecular weight excluding hydrogens is 298 g/mol. The lowest BCUT2D eigenvalue weighted by atomic mass is 10.2. The molecule has 0 aliphatic heterocycles. The van der Waals surface area contributed by atoms with E-state index in [9.17, 15) is 0 Å². The van der Waals surface area contributed by atoms with E-state index in [1.165, 1.54) is 5.39 Å². The van der Waals surface area contributed by atoms with Gasteiger partial charge in [-0.15, -0.1) is 0 Å². The molecule has 3 aromatic rings. The summed E-state index contributed by atoms with van der Waals surface area (Å²) >= 11 is 6.10. The number of aryl methyl sites for hydroxylation is 1. The predicted molar refractivity (Wildman–Crippen MR) is 89.9 cm³/mol. The molecule has 0 bridgehead atoms. The highest BCUT2D eigenvalue weighted by molar-refractivity contribution is 6.31. The van der Waals surface area contributed by atoms with Crippen LogP contribution in [0.1, 0.15) is 12.5 Å². The summed E-state index contributed by atoms with van der Waals surface area (Å²) in [6.07, 6.45) is 2.13. The molecule has 0 N–H and O–H groups in total. The monoisotopic (exact) mass is 315 g/mol. The van der Waals surface area contributed by atoms with Gasteiger partial charge in [0.2, 0.25) is 0 Å². The molecule has 0 spiro atoms. The van der Waals surface area contributed by atoms with Crippen molar-refractivity contribution in [3.05, 3.63) is 59.2 Å². The van der Waals surface area contributed by atoms with Gasteiger partial charge < -0.3 is 14.0 Å². The molecule has 3 nitrogen and oxygen atoms in total. The standard InChI is InChI=1S/C18H18ClNO2/c1-3-20-11-13(17-9-4-14(19)10-18(17)20)12-22-16-7-5-15(21-2)6-8-16/h4-11H,3,12H2,1-2H3. The molecule has 3 rings (SSSR count). The van der Waals surface area contributed by atoms with Crippen LogP contribution in [-0.2, 0) is 13.2 Å². The van der Waals surface area contributed by atoms with E-state index in [4.69, 9.17) is 21.1 Å². The summed E-state index contributed by atoms with van der Waals surface area (Å²) < 4.78 is 13.2. The maximum Gasteiger partial charge on any atom is 0.120 e. The van der Waals surface area contributed by atoms with Crippen molar-refractivity contribution >= 4 is 22.5 Å². The molecule has 1 heterocycles. The van der Waals surface area contributed by atoms with Gasteiger partial charge >= 0.3 is 0 Å². The van der Waals surface area contributed by atoms with Crippen molar-refractivity contribution in [2.75, 3.05) is 7.11 Å². The van der Waals surface area contributed by atoms with E-state index >= 15 is 0 Å². The smallest absolute Gasteiger partial charge is 0.120 e. The summed E-state index contributed by atoms with van der Waals surface area (Å²) in [5, 5.41) is 1.93. The fourth-order valence-electron chi connectivity index (χ4n) is 2.55. The third-order valence-electron chi connectivity index (χ3n) is 3.72. The van der Waals surface area contributed by atoms with Crippen LogP contribution in [0.2, 0.25) is 5.02 Å². The van der Waals surface area contributed by atoms with Crippen molar-refractivity contribution in [1.82, 2.24) is 4.57 Å². The SMILES string of the molecule is CCn1cc(COc2ccc(OC)cc2)c2ccc(Cl)cc21. The maximum atomic E-state index is 6.10. The summed E-state index contributed by atoms with van der Waals surface area (Å²) in [5.74, 6) is 1.65. The van der Waals surface area contributed by atoms with Crippen molar-refractivity contribution < 1.29 is 9.47 Å². The van der Waals surface area contributed by atoms with Gasteiger partial charge in [-0.05, 0) is 43.3 Å². The van der Waals surface area contributed by atoms with Gasteiger partial charge in [-0.25, -0.2) is 0 Å². The zero-order valence-corrected chi connectivity index (χ0v) is 13.4. The van der Waals surface area contributed by atoms with Gasteiger partial charge in [-0.1, -0.05) is 17.7 Å². The molecule has 0 saturated carbocycles. The molecule has 0 saturated heterocycles. The number of hydrogen-bond acceptors (Lipinski definition) is 2. The quantitative estimate of drug-likeness (QED) is 0.668. The van der Waals surface area contributed by atoms with Gasteiger partial charge in [0, 0.05) is 34.2 Å². The minimum atomic E-state index is 0.525. The van der Waals surface area contributed by atoms with Crippen LogP contribution >= 0.6 is 11.6 Å². The molecule has 0 atom stereocenters. The number of nitrogens with zero attached hydrogens (tertiary/aromatic N) is 1. The molecule has 4 heteroatoms. The minimum Gasteiger partial charge on any atom is -0.497 e. The summed E-state index contributed by atoms with van der Waals surface area (Å²) in [5.41, 5.74) is 2.30. The number of fused-ring (bicyclic) bond motifs is 1. The summed E-state index contributed by atoms with van der Waals surface area (Å²) in [4.78, 5) is 0. The molecule has 22 heavy (non-hydrogen) atoms. The van der Waals surface area contributed by atoms with Crippen molar-refractivity contribution in [3.63, 3.8) is 0 Å². The van der Waals surface area contributed by atoms with Crippen molar-refractivity contribution in [2.45, 2.75) is 20.1 Å². The Kier molecular flexibility index (Phi) is 4.25. The van der Waals surface area contributed by atoms with Gasteiger partial charge in [0.05, 0.1) is 7.11 Å². The van der Waals surface area contributed by atoms with Crippen LogP contribution in [0.3, 0.4) is 0 Å². The first-order valence-corrected chi connectivity index (χ1v) is 7.63. The highest BCUT2D eigenvalue weighted by Crippen LogP contribution is 2.26. The van der Waals surface area contributed by atoms with E-state index in [0.717, 1.165) is 34.1 Å². The van der Waals surface area contributed by atoms with Crippen molar-refractivity contribution in [1.29, 1.82) is 0 Å². The van der Waals surface area contributed by atoms with Gasteiger partial charge in [-0.2, -0.15) is 0 Å². The fourth-order valence-corrected chi connectivity index (χ4v) is 2.72. The summed E-state index contributed by atoms with van der Waals surface area (Å²) in [6, 6.07) is 13.6. The Morgan fingerprint density at radius 3 is 2.45 bits per heavy atom. The lowest BCUT2D eigenvalue weighted by molar-refractivity contribution is 0.306. The Balaban J connectivity index is 1.84. The molecular formula is C18H18ClNO2. The first-order valence-electron chi connectivity index (χ1n) is 7.25. The van der Waals surface area contributed by atoms with Crippen LogP contribution < -0.4 is 9.47 Å². The zero-order chi connectivity index (χ0) is 15.5. The Morgan fingerprint density at radius 2 is 1.77 bits per heavy atom. The second-order valence-electron chi connectivity index (χ2n) is 5.07. The van der Waals surface area contributed by atoms with Crippen LogP contribution in [0.25, 0.3) is 10.9 Å². The average Bonchev–Trinajstić information content (AvgIpc) is 2.90. The number of halogens is 1. The number of benzene rings is 2. The van der Waals surface area contributed by atoms with E-state index in [-0.39, 0.29) is 0 Å². The van der Waals surface area contributed by atoms with Gasteiger partial charge in [0.1, 0.15) is 18.1 Å². The Hall–Kier alpha value is -2.13. The predicted octanol–water partition coefficient (Wildman–Crippen LogP) is 4.90. The van der Waals surface area contributed by atoms with Crippen LogP contribution in [0.4, 0.5) is 0 Å². The second kappa shape index (κ2) is 6.32. The zero-order valence-electron chi connectivity index (χ0n) is 12.7. The van der Waals surface area contributed by atoms with Gasteiger partial charge in [-0.3, -0.25) is 0 Å². The van der Waals surface area contributed by atoms with E-state index in [1.54, 1.807) is 7.11 Å². The van der Waals surface area contributed by atoms with E-state index in [1.807, 2.05) is 36.4 Å². The van der Waals surface area contributed by atoms with Gasteiger partial charge in [0.15, 0.2) is 0 Å². The number of aromatic nitrogens is 1. The molecule has 114 valence electrons. The fraction of sp³-hybridized carbons (Fsp3) is 0.222. The maximum absolute atomic E-state index is 6.10. The number of ether oxygens (including phenoxy) is 2. The number of methoxy groups -OCH3 is 1. The first-order chi connectivity index (χ1) is 10.7. The van der Waals surface area contributed by atoms with Crippen LogP contribution in [-0.4, -0.2) is 11.7 Å². The third kappa shape index (κ3) is 2.90. The lowest BCUT2D eigenvalue weighted by Crippen LogP contribution is -1.95. The Bertz CT molecular complexity index is 778. The minimum absolute atomic E-state index is 0.525. The second-order valence-corrected chi connectivity index (χ2v) is 5.50. The first kappa shape index (κ1) is 14.8. The molecule has 0 aliphatic carbocycles. The summed E-state index contributed by atoms with van der Waals surface area (Å²) in [7, 11) is 1.65. The lowest BCUT2D eigenvalue weighted by Gasteiger charge is -2.06. The van der Waals surface area contributed by atoms with E-state index in [0.29, 0.717) is 6.61 Å². The average molecular weight is 316 g/mol. The molecule has 1 aromatic heterocycles. The highest BCUT2D eigenvalue weighted by Gasteiger charge is 2.09. The van der Waals surface area contributed by atoms with Crippen molar-refractivity contribution in [2.24, 2.45) is 0 Å². The summed E-state index contributed by atoms with van der Waals surface area (Å²) in [6.45, 7) is 3.55. The molecule has 0 fully saturated rings. The van der Waals surface area contributed by atoms with E-state index in [2.05, 4.69) is 23.8 Å². The third-order valence-corrected chi connectivity index (χ3v) is 3.96. The largest absolute Gasteiger partial charge is 0.497 e. The highest BCUT2D eigenvalue weighted by atomic mass is 35.5. The molecule has 2 aromatic carbocycles. The van der Waals surface area contributed by atoms with E-state index < -0.39 is 0 Å².